The molecule has 0 aliphatic carbocycles. The van der Waals surface area contributed by atoms with Crippen molar-refractivity contribution in [2.45, 2.75) is 59.9 Å². The van der Waals surface area contributed by atoms with Crippen LogP contribution >= 0.6 is 8.37 Å². The number of hydrogen-bond acceptors (Lipinski definition) is 4. The van der Waals surface area contributed by atoms with Gasteiger partial charge < -0.3 is 0 Å². The maximum Gasteiger partial charge on any atom is 0.115 e. The average Bonchev–Trinajstić information content (AvgIpc) is 2.35. The van der Waals surface area contributed by atoms with Crippen LogP contribution in [-0.2, 0) is 0 Å². The van der Waals surface area contributed by atoms with Crippen LogP contribution in [0.25, 0.3) is 0 Å². The Morgan fingerprint density at radius 3 is 1.83 bits per heavy atom. The number of rotatable bonds is 6. The van der Waals surface area contributed by atoms with E-state index in [0.717, 1.165) is 24.9 Å². The molecule has 0 amide bonds. The molecule has 5 heteroatoms. The summed E-state index contributed by atoms with van der Waals surface area (Å²) in [7, 11) is -0.416. The first-order valence-corrected chi connectivity index (χ1v) is 10.9. The quantitative estimate of drug-likeness (QED) is 0.723. The van der Waals surface area contributed by atoms with E-state index in [1.807, 2.05) is 0 Å². The molecule has 0 radical (unpaired) electrons. The van der Waals surface area contributed by atoms with Crippen LogP contribution in [0.15, 0.2) is 0 Å². The third-order valence-electron chi connectivity index (χ3n) is 4.80. The van der Waals surface area contributed by atoms with E-state index < -0.39 is 8.37 Å². The zero-order chi connectivity index (χ0) is 17.0. The van der Waals surface area contributed by atoms with Crippen LogP contribution in [0, 0.1) is 17.8 Å². The van der Waals surface area contributed by atoms with E-state index in [4.69, 9.17) is 0 Å². The molecule has 3 heterocycles. The molecule has 0 aromatic carbocycles. The normalized spacial score (nSPS) is 29.1. The lowest BCUT2D eigenvalue weighted by molar-refractivity contribution is 0.0560. The SMILES string of the molecule is CC(C)CN1P2NCCN(CCN2)CC1(CC(C)C)CC(C)C. The van der Waals surface area contributed by atoms with Gasteiger partial charge in [-0.2, -0.15) is 0 Å². The number of nitrogens with zero attached hydrogens (tertiary/aromatic N) is 2. The number of fused-ring (bicyclic) bond motifs is 6. The van der Waals surface area contributed by atoms with Gasteiger partial charge in [0.25, 0.3) is 0 Å². The first-order valence-electron chi connectivity index (χ1n) is 9.59. The van der Waals surface area contributed by atoms with Gasteiger partial charge in [0, 0.05) is 44.8 Å². The van der Waals surface area contributed by atoms with Crippen LogP contribution in [0.1, 0.15) is 54.4 Å². The average molecular weight is 343 g/mol. The molecule has 23 heavy (non-hydrogen) atoms. The second kappa shape index (κ2) is 8.58. The van der Waals surface area contributed by atoms with Gasteiger partial charge in [0.05, 0.1) is 0 Å². The Bertz CT molecular complexity index is 339. The highest BCUT2D eigenvalue weighted by molar-refractivity contribution is 7.50. The van der Waals surface area contributed by atoms with Gasteiger partial charge >= 0.3 is 0 Å². The predicted octanol–water partition coefficient (Wildman–Crippen LogP) is 3.51. The molecular formula is C18H39N4P. The van der Waals surface area contributed by atoms with E-state index in [9.17, 15) is 0 Å². The highest BCUT2D eigenvalue weighted by atomic mass is 31.1. The van der Waals surface area contributed by atoms with E-state index in [2.05, 4.69) is 61.3 Å². The molecule has 3 saturated heterocycles. The molecule has 2 N–H and O–H groups in total. The summed E-state index contributed by atoms with van der Waals surface area (Å²) in [4.78, 5) is 2.70. The molecule has 4 nitrogen and oxygen atoms in total. The van der Waals surface area contributed by atoms with Crippen LogP contribution in [0.4, 0.5) is 0 Å². The van der Waals surface area contributed by atoms with Gasteiger partial charge in [-0.05, 0) is 30.6 Å². The molecule has 3 aliphatic heterocycles. The van der Waals surface area contributed by atoms with Crippen molar-refractivity contribution in [3.63, 3.8) is 0 Å². The zero-order valence-electron chi connectivity index (χ0n) is 16.2. The van der Waals surface area contributed by atoms with Crippen LogP contribution in [0.3, 0.4) is 0 Å². The second-order valence-electron chi connectivity index (χ2n) is 8.80. The van der Waals surface area contributed by atoms with Crippen LogP contribution in [0.5, 0.6) is 0 Å². The molecule has 0 atom stereocenters. The summed E-state index contributed by atoms with van der Waals surface area (Å²) in [5, 5.41) is 7.70. The molecule has 2 bridgehead atoms. The van der Waals surface area contributed by atoms with Crippen LogP contribution in [0.2, 0.25) is 0 Å². The minimum absolute atomic E-state index is 0.305. The Morgan fingerprint density at radius 1 is 0.870 bits per heavy atom. The van der Waals surface area contributed by atoms with E-state index in [1.165, 1.54) is 39.0 Å². The summed E-state index contributed by atoms with van der Waals surface area (Å²) in [5.74, 6) is 2.18. The zero-order valence-corrected chi connectivity index (χ0v) is 17.1. The summed E-state index contributed by atoms with van der Waals surface area (Å²) >= 11 is 0. The molecule has 0 unspecified atom stereocenters. The van der Waals surface area contributed by atoms with Crippen molar-refractivity contribution >= 4 is 8.37 Å². The Hall–Kier alpha value is 0.270. The predicted molar refractivity (Wildman–Crippen MR) is 103 cm³/mol. The Labute approximate surface area is 145 Å². The molecule has 0 aromatic rings. The first kappa shape index (κ1) is 19.6. The van der Waals surface area contributed by atoms with Crippen molar-refractivity contribution in [1.29, 1.82) is 0 Å². The minimum Gasteiger partial charge on any atom is -0.299 e. The van der Waals surface area contributed by atoms with Crippen molar-refractivity contribution in [2.24, 2.45) is 17.8 Å². The van der Waals surface area contributed by atoms with Gasteiger partial charge in [-0.25, -0.2) is 0 Å². The van der Waals surface area contributed by atoms with E-state index in [0.29, 0.717) is 11.5 Å². The topological polar surface area (TPSA) is 30.5 Å². The lowest BCUT2D eigenvalue weighted by Crippen LogP contribution is -2.62. The number of nitrogens with one attached hydrogen (secondary N) is 2. The summed E-state index contributed by atoms with van der Waals surface area (Å²) in [5.41, 5.74) is 0.305. The summed E-state index contributed by atoms with van der Waals surface area (Å²) in [6.07, 6.45) is 2.60. The van der Waals surface area contributed by atoms with Gasteiger partial charge in [0.2, 0.25) is 0 Å². The lowest BCUT2D eigenvalue weighted by Gasteiger charge is -2.55. The molecule has 3 aliphatic rings. The molecule has 0 saturated carbocycles. The fourth-order valence-corrected chi connectivity index (χ4v) is 6.62. The van der Waals surface area contributed by atoms with Crippen molar-refractivity contribution in [1.82, 2.24) is 19.7 Å². The molecule has 0 spiro atoms. The largest absolute Gasteiger partial charge is 0.299 e. The molecule has 136 valence electrons. The maximum absolute atomic E-state index is 3.85. The highest BCUT2D eigenvalue weighted by Crippen LogP contribution is 2.46. The van der Waals surface area contributed by atoms with E-state index in [-0.39, 0.29) is 0 Å². The molecular weight excluding hydrogens is 303 g/mol. The first-order chi connectivity index (χ1) is 10.8. The fourth-order valence-electron chi connectivity index (χ4n) is 4.40. The number of hydrogen-bond donors (Lipinski definition) is 2. The Kier molecular flexibility index (Phi) is 7.31. The van der Waals surface area contributed by atoms with Gasteiger partial charge in [-0.1, -0.05) is 41.5 Å². The van der Waals surface area contributed by atoms with Crippen LogP contribution in [-0.4, -0.2) is 54.4 Å². The Balaban J connectivity index is 2.39. The summed E-state index contributed by atoms with van der Waals surface area (Å²) in [6.45, 7) is 21.4. The molecule has 3 rings (SSSR count). The van der Waals surface area contributed by atoms with Gasteiger partial charge in [0.1, 0.15) is 8.37 Å². The van der Waals surface area contributed by atoms with Gasteiger partial charge in [0.15, 0.2) is 0 Å². The smallest absolute Gasteiger partial charge is 0.115 e. The van der Waals surface area contributed by atoms with Crippen molar-refractivity contribution in [3.8, 4) is 0 Å². The Morgan fingerprint density at radius 2 is 1.39 bits per heavy atom. The van der Waals surface area contributed by atoms with Crippen molar-refractivity contribution < 1.29 is 0 Å². The third-order valence-corrected chi connectivity index (χ3v) is 6.92. The van der Waals surface area contributed by atoms with E-state index >= 15 is 0 Å². The fraction of sp³-hybridized carbons (Fsp3) is 1.00. The third kappa shape index (κ3) is 5.37. The summed E-state index contributed by atoms with van der Waals surface area (Å²) < 4.78 is 2.86. The maximum atomic E-state index is 3.85. The standard InChI is InChI=1S/C18H39N4P/c1-15(2)11-18(12-16(3)4)14-21-9-7-19-23(20-8-10-21)22(18)13-17(5)6/h15-17,19-20H,7-14H2,1-6H3. The minimum atomic E-state index is -0.416. The van der Waals surface area contributed by atoms with Crippen molar-refractivity contribution in [3.05, 3.63) is 0 Å². The lowest BCUT2D eigenvalue weighted by atomic mass is 9.80. The highest BCUT2D eigenvalue weighted by Gasteiger charge is 2.45. The van der Waals surface area contributed by atoms with Gasteiger partial charge in [-0.3, -0.25) is 19.7 Å². The van der Waals surface area contributed by atoms with E-state index in [1.54, 1.807) is 0 Å². The second-order valence-corrected chi connectivity index (χ2v) is 10.5. The van der Waals surface area contributed by atoms with Gasteiger partial charge in [-0.15, -0.1) is 0 Å². The summed E-state index contributed by atoms with van der Waals surface area (Å²) in [6, 6.07) is 0. The van der Waals surface area contributed by atoms with Crippen molar-refractivity contribution in [2.75, 3.05) is 39.3 Å². The molecule has 0 aromatic heterocycles. The van der Waals surface area contributed by atoms with Crippen LogP contribution < -0.4 is 10.2 Å². The monoisotopic (exact) mass is 342 g/mol. The molecule has 3 fully saturated rings.